The first-order chi connectivity index (χ1) is 13.3. The molecule has 1 aliphatic rings. The minimum absolute atomic E-state index is 0.0697. The predicted molar refractivity (Wildman–Crippen MR) is 99.8 cm³/mol. The van der Waals surface area contributed by atoms with Gasteiger partial charge in [0.1, 0.15) is 5.75 Å². The monoisotopic (exact) mass is 383 g/mol. The van der Waals surface area contributed by atoms with Crippen LogP contribution in [0.1, 0.15) is 23.3 Å². The summed E-state index contributed by atoms with van der Waals surface area (Å²) in [6.07, 6.45) is 1.37. The van der Waals surface area contributed by atoms with Crippen molar-refractivity contribution in [2.75, 3.05) is 11.9 Å². The molecular formula is C18H17N5O5. The van der Waals surface area contributed by atoms with Crippen LogP contribution in [0.25, 0.3) is 11.2 Å². The number of fused-ring (bicyclic) bond motifs is 2. The number of benzene rings is 1. The zero-order valence-electron chi connectivity index (χ0n) is 15.4. The largest absolute Gasteiger partial charge is 0.482 e. The number of anilines is 1. The lowest BCUT2D eigenvalue weighted by molar-refractivity contribution is -0.118. The van der Waals surface area contributed by atoms with Crippen LogP contribution < -0.4 is 21.3 Å². The number of nitrogens with one attached hydrogen (secondary N) is 1. The fraction of sp³-hybridized carbons (Fsp3) is 0.278. The Morgan fingerprint density at radius 2 is 1.96 bits per heavy atom. The zero-order valence-corrected chi connectivity index (χ0v) is 15.4. The predicted octanol–water partition coefficient (Wildman–Crippen LogP) is 0.208. The van der Waals surface area contributed by atoms with Gasteiger partial charge in [0, 0.05) is 19.7 Å². The maximum absolute atomic E-state index is 13.0. The molecule has 1 unspecified atom stereocenters. The molecule has 1 atom stereocenters. The van der Waals surface area contributed by atoms with Crippen molar-refractivity contribution >= 4 is 28.5 Å². The smallest absolute Gasteiger partial charge is 0.332 e. The molecule has 0 saturated heterocycles. The van der Waals surface area contributed by atoms with Gasteiger partial charge in [0.2, 0.25) is 0 Å². The first-order valence-corrected chi connectivity index (χ1v) is 8.53. The quantitative estimate of drug-likeness (QED) is 0.646. The molecule has 1 amide bonds. The number of hydrogen-bond acceptors (Lipinski definition) is 6. The summed E-state index contributed by atoms with van der Waals surface area (Å²) in [7, 11) is 2.89. The van der Waals surface area contributed by atoms with Crippen LogP contribution in [0.3, 0.4) is 0 Å². The third kappa shape index (κ3) is 2.53. The number of Topliss-reactive ketones (excluding diaryl/α,β-unsaturated/α-hetero) is 1. The number of ether oxygens (including phenoxy) is 1. The van der Waals surface area contributed by atoms with Gasteiger partial charge in [-0.3, -0.25) is 23.5 Å². The Hall–Kier alpha value is -3.69. The van der Waals surface area contributed by atoms with Crippen LogP contribution in [-0.2, 0) is 18.9 Å². The highest BCUT2D eigenvalue weighted by Gasteiger charge is 2.24. The van der Waals surface area contributed by atoms with Gasteiger partial charge in [-0.25, -0.2) is 9.78 Å². The minimum Gasteiger partial charge on any atom is -0.482 e. The summed E-state index contributed by atoms with van der Waals surface area (Å²) in [5.74, 6) is -0.0891. The molecule has 0 aliphatic carbocycles. The molecule has 4 rings (SSSR count). The summed E-state index contributed by atoms with van der Waals surface area (Å²) >= 11 is 0. The van der Waals surface area contributed by atoms with E-state index in [2.05, 4.69) is 10.3 Å². The van der Waals surface area contributed by atoms with Crippen molar-refractivity contribution in [3.63, 3.8) is 0 Å². The number of carbonyl (C=O) groups is 2. The van der Waals surface area contributed by atoms with E-state index in [1.165, 1.54) is 35.6 Å². The Balaban J connectivity index is 1.78. The van der Waals surface area contributed by atoms with E-state index >= 15 is 0 Å². The fourth-order valence-corrected chi connectivity index (χ4v) is 3.26. The lowest BCUT2D eigenvalue weighted by Crippen LogP contribution is -2.38. The molecule has 3 heterocycles. The summed E-state index contributed by atoms with van der Waals surface area (Å²) in [4.78, 5) is 53.3. The van der Waals surface area contributed by atoms with Crippen LogP contribution in [0.5, 0.6) is 5.75 Å². The lowest BCUT2D eigenvalue weighted by Gasteiger charge is -2.19. The molecule has 144 valence electrons. The second kappa shape index (κ2) is 6.19. The molecule has 0 fully saturated rings. The first kappa shape index (κ1) is 17.7. The van der Waals surface area contributed by atoms with Crippen LogP contribution in [0.15, 0.2) is 34.1 Å². The number of nitrogens with zero attached hydrogens (tertiary/aromatic N) is 4. The van der Waals surface area contributed by atoms with Gasteiger partial charge in [0.15, 0.2) is 23.6 Å². The van der Waals surface area contributed by atoms with Gasteiger partial charge < -0.3 is 14.6 Å². The summed E-state index contributed by atoms with van der Waals surface area (Å²) in [6, 6.07) is 4.00. The Labute approximate surface area is 158 Å². The van der Waals surface area contributed by atoms with Crippen molar-refractivity contribution in [2.45, 2.75) is 13.0 Å². The molecule has 10 nitrogen and oxygen atoms in total. The number of aryl methyl sites for hydroxylation is 1. The molecule has 0 radical (unpaired) electrons. The average Bonchev–Trinajstić information content (AvgIpc) is 3.14. The van der Waals surface area contributed by atoms with Gasteiger partial charge in [-0.1, -0.05) is 0 Å². The Morgan fingerprint density at radius 1 is 1.21 bits per heavy atom. The van der Waals surface area contributed by atoms with Gasteiger partial charge >= 0.3 is 5.69 Å². The van der Waals surface area contributed by atoms with Crippen molar-refractivity contribution in [2.24, 2.45) is 14.1 Å². The van der Waals surface area contributed by atoms with Gasteiger partial charge in [0.05, 0.1) is 18.1 Å². The van der Waals surface area contributed by atoms with Crippen LogP contribution in [0.2, 0.25) is 0 Å². The normalized spacial score (nSPS) is 14.3. The van der Waals surface area contributed by atoms with Gasteiger partial charge in [-0.15, -0.1) is 0 Å². The molecule has 0 bridgehead atoms. The molecule has 3 aromatic rings. The number of rotatable bonds is 3. The average molecular weight is 383 g/mol. The topological polar surface area (TPSA) is 117 Å². The first-order valence-electron chi connectivity index (χ1n) is 8.53. The van der Waals surface area contributed by atoms with E-state index in [1.54, 1.807) is 19.1 Å². The van der Waals surface area contributed by atoms with E-state index in [-0.39, 0.29) is 29.5 Å². The van der Waals surface area contributed by atoms with Crippen LogP contribution in [0.4, 0.5) is 5.69 Å². The van der Waals surface area contributed by atoms with Crippen molar-refractivity contribution in [3.8, 4) is 5.75 Å². The molecule has 1 N–H and O–H groups in total. The number of aromatic nitrogens is 4. The Bertz CT molecular complexity index is 1270. The molecular weight excluding hydrogens is 366 g/mol. The van der Waals surface area contributed by atoms with E-state index < -0.39 is 17.3 Å². The van der Waals surface area contributed by atoms with E-state index in [9.17, 15) is 19.2 Å². The van der Waals surface area contributed by atoms with E-state index in [0.717, 1.165) is 4.57 Å². The highest BCUT2D eigenvalue weighted by Crippen LogP contribution is 2.30. The van der Waals surface area contributed by atoms with E-state index in [4.69, 9.17) is 4.74 Å². The Morgan fingerprint density at radius 3 is 2.71 bits per heavy atom. The SMILES string of the molecule is CC(C(=O)c1ccc2c(c1)NC(=O)CO2)n1cnc2c1c(=O)n(C)c(=O)n2C. The molecule has 10 heteroatoms. The maximum atomic E-state index is 13.0. The lowest BCUT2D eigenvalue weighted by atomic mass is 10.0. The molecule has 28 heavy (non-hydrogen) atoms. The minimum atomic E-state index is -0.756. The zero-order chi connectivity index (χ0) is 20.2. The number of carbonyl (C=O) groups excluding carboxylic acids is 2. The summed E-state index contributed by atoms with van der Waals surface area (Å²) in [6.45, 7) is 1.57. The summed E-state index contributed by atoms with van der Waals surface area (Å²) < 4.78 is 8.99. The number of ketones is 1. The molecule has 0 saturated carbocycles. The highest BCUT2D eigenvalue weighted by molar-refractivity contribution is 6.02. The maximum Gasteiger partial charge on any atom is 0.332 e. The fourth-order valence-electron chi connectivity index (χ4n) is 3.26. The van der Waals surface area contributed by atoms with Crippen molar-refractivity contribution in [3.05, 3.63) is 50.9 Å². The number of amides is 1. The van der Waals surface area contributed by atoms with Crippen molar-refractivity contribution in [1.82, 2.24) is 18.7 Å². The van der Waals surface area contributed by atoms with Crippen molar-refractivity contribution < 1.29 is 14.3 Å². The second-order valence-electron chi connectivity index (χ2n) is 6.62. The van der Waals surface area contributed by atoms with Gasteiger partial charge in [-0.05, 0) is 25.1 Å². The van der Waals surface area contributed by atoms with Gasteiger partial charge in [-0.2, -0.15) is 0 Å². The second-order valence-corrected chi connectivity index (χ2v) is 6.62. The van der Waals surface area contributed by atoms with Gasteiger partial charge in [0.25, 0.3) is 11.5 Å². The molecule has 1 aliphatic heterocycles. The Kier molecular flexibility index (Phi) is 3.91. The van der Waals surface area contributed by atoms with Crippen molar-refractivity contribution in [1.29, 1.82) is 0 Å². The highest BCUT2D eigenvalue weighted by atomic mass is 16.5. The molecule has 0 spiro atoms. The number of imidazole rings is 1. The summed E-state index contributed by atoms with van der Waals surface area (Å²) in [5.41, 5.74) is 0.121. The third-order valence-electron chi connectivity index (χ3n) is 4.87. The third-order valence-corrected chi connectivity index (χ3v) is 4.87. The van der Waals surface area contributed by atoms with E-state index in [1.807, 2.05) is 0 Å². The summed E-state index contributed by atoms with van der Waals surface area (Å²) in [5, 5.41) is 2.66. The van der Waals surface area contributed by atoms with Crippen LogP contribution in [0, 0.1) is 0 Å². The van der Waals surface area contributed by atoms with Crippen LogP contribution in [-0.4, -0.2) is 37.0 Å². The molecule has 2 aromatic heterocycles. The van der Waals surface area contributed by atoms with E-state index in [0.29, 0.717) is 17.0 Å². The molecule has 1 aromatic carbocycles. The van der Waals surface area contributed by atoms with Crippen LogP contribution >= 0.6 is 0 Å². The standard InChI is InChI=1S/C18H17N5O5/c1-9(15(25)10-4-5-12-11(6-10)20-13(24)7-28-12)23-8-19-16-14(23)17(26)22(3)18(27)21(16)2/h4-6,8-9H,7H2,1-3H3,(H,20,24). The number of hydrogen-bond donors (Lipinski definition) is 1.